The third kappa shape index (κ3) is 4.61. The molecule has 0 spiro atoms. The molecule has 7 heteroatoms. The number of terminal acetylenes is 1. The second-order valence-electron chi connectivity index (χ2n) is 5.98. The molecule has 1 aromatic rings. The van der Waals surface area contributed by atoms with Gasteiger partial charge in [0.25, 0.3) is 0 Å². The summed E-state index contributed by atoms with van der Waals surface area (Å²) in [7, 11) is 2.54. The minimum atomic E-state index is -0.657. The minimum Gasteiger partial charge on any atom is -0.390 e. The van der Waals surface area contributed by atoms with Crippen LogP contribution in [-0.2, 0) is 4.74 Å². The Balaban J connectivity index is 2.20. The molecule has 2 unspecified atom stereocenters. The van der Waals surface area contributed by atoms with Gasteiger partial charge < -0.3 is 15.6 Å². The molecule has 25 heavy (non-hydrogen) atoms. The quantitative estimate of drug-likeness (QED) is 0.468. The average Bonchev–Trinajstić information content (AvgIpc) is 2.87. The number of hydrogen-bond acceptors (Lipinski definition) is 5. The second-order valence-corrected chi connectivity index (χ2v) is 6.75. The molecule has 134 valence electrons. The van der Waals surface area contributed by atoms with Crippen molar-refractivity contribution in [2.45, 2.75) is 63.1 Å². The van der Waals surface area contributed by atoms with Crippen LogP contribution in [0.2, 0.25) is 0 Å². The minimum absolute atomic E-state index is 0.100. The molecular weight excluding hydrogens is 337 g/mol. The SMILES string of the molecule is C#CCCCCC#Cc1cn([C@@H]2O[C@H](CC)[C@H](O)C2P)c(=O)nc1N. The van der Waals surface area contributed by atoms with E-state index < -0.39 is 18.0 Å². The summed E-state index contributed by atoms with van der Waals surface area (Å²) in [5.74, 6) is 8.68. The first-order chi connectivity index (χ1) is 12.0. The monoisotopic (exact) mass is 361 g/mol. The highest BCUT2D eigenvalue weighted by molar-refractivity contribution is 7.17. The number of aromatic nitrogens is 2. The van der Waals surface area contributed by atoms with E-state index in [1.807, 2.05) is 6.92 Å². The first-order valence-electron chi connectivity index (χ1n) is 8.39. The topological polar surface area (TPSA) is 90.4 Å². The zero-order valence-corrected chi connectivity index (χ0v) is 15.5. The Morgan fingerprint density at radius 3 is 2.84 bits per heavy atom. The molecule has 0 aliphatic carbocycles. The zero-order valence-electron chi connectivity index (χ0n) is 14.3. The van der Waals surface area contributed by atoms with Crippen LogP contribution >= 0.6 is 9.24 Å². The standard InChI is InChI=1S/C18H24N3O3P/c1-3-5-6-7-8-9-10-12-11-21(18(23)20-16(12)19)17-15(25)14(22)13(4-2)24-17/h1,11,13-15,17,22H,4-8,25H2,2H3,(H2,19,20,23)/t13-,14+,15?,17-/m1/s1. The molecule has 1 fully saturated rings. The lowest BCUT2D eigenvalue weighted by molar-refractivity contribution is -0.0214. The number of anilines is 1. The number of nitrogens with two attached hydrogens (primary N) is 1. The summed E-state index contributed by atoms with van der Waals surface area (Å²) in [6, 6.07) is 0. The predicted molar refractivity (Wildman–Crippen MR) is 101 cm³/mol. The van der Waals surface area contributed by atoms with Crippen LogP contribution in [-0.4, -0.2) is 32.5 Å². The lowest BCUT2D eigenvalue weighted by atomic mass is 10.1. The van der Waals surface area contributed by atoms with Crippen LogP contribution in [0.3, 0.4) is 0 Å². The number of nitrogen functional groups attached to an aromatic ring is 1. The van der Waals surface area contributed by atoms with Gasteiger partial charge in [-0.1, -0.05) is 18.8 Å². The Bertz CT molecular complexity index is 760. The summed E-state index contributed by atoms with van der Waals surface area (Å²) >= 11 is 0. The predicted octanol–water partition coefficient (Wildman–Crippen LogP) is 1.28. The van der Waals surface area contributed by atoms with Crippen molar-refractivity contribution in [2.24, 2.45) is 0 Å². The van der Waals surface area contributed by atoms with Crippen LogP contribution in [0.5, 0.6) is 0 Å². The van der Waals surface area contributed by atoms with Gasteiger partial charge in [-0.3, -0.25) is 4.57 Å². The van der Waals surface area contributed by atoms with Gasteiger partial charge in [0.15, 0.2) is 0 Å². The highest BCUT2D eigenvalue weighted by Crippen LogP contribution is 2.35. The van der Waals surface area contributed by atoms with E-state index in [0.29, 0.717) is 18.4 Å². The van der Waals surface area contributed by atoms with Crippen molar-refractivity contribution in [1.82, 2.24) is 9.55 Å². The highest BCUT2D eigenvalue weighted by atomic mass is 31.0. The number of nitrogens with zero attached hydrogens (tertiary/aromatic N) is 2. The molecule has 5 atom stereocenters. The summed E-state index contributed by atoms with van der Waals surface area (Å²) in [6.07, 6.45) is 9.12. The number of aliphatic hydroxyl groups is 1. The summed E-state index contributed by atoms with van der Waals surface area (Å²) in [5.41, 5.74) is 5.47. The fourth-order valence-electron chi connectivity index (χ4n) is 2.71. The van der Waals surface area contributed by atoms with Gasteiger partial charge in [-0.2, -0.15) is 4.98 Å². The Hall–Kier alpha value is -1.85. The van der Waals surface area contributed by atoms with Gasteiger partial charge in [0.2, 0.25) is 0 Å². The number of rotatable bonds is 5. The highest BCUT2D eigenvalue weighted by Gasteiger charge is 2.41. The van der Waals surface area contributed by atoms with Gasteiger partial charge in [-0.25, -0.2) is 4.79 Å². The Morgan fingerprint density at radius 2 is 2.20 bits per heavy atom. The maximum atomic E-state index is 12.2. The van der Waals surface area contributed by atoms with Crippen molar-refractivity contribution in [1.29, 1.82) is 0 Å². The van der Waals surface area contributed by atoms with E-state index in [1.165, 1.54) is 4.57 Å². The van der Waals surface area contributed by atoms with Gasteiger partial charge in [-0.05, 0) is 19.3 Å². The molecule has 1 aliphatic rings. The lowest BCUT2D eigenvalue weighted by Crippen LogP contribution is -2.33. The molecule has 2 rings (SSSR count). The Kier molecular flexibility index (Phi) is 7.02. The van der Waals surface area contributed by atoms with Crippen molar-refractivity contribution in [3.63, 3.8) is 0 Å². The fourth-order valence-corrected chi connectivity index (χ4v) is 3.24. The van der Waals surface area contributed by atoms with Crippen LogP contribution in [0, 0.1) is 24.2 Å². The summed E-state index contributed by atoms with van der Waals surface area (Å²) < 4.78 is 7.17. The third-order valence-electron chi connectivity index (χ3n) is 4.17. The summed E-state index contributed by atoms with van der Waals surface area (Å²) in [5, 5.41) is 10.2. The summed E-state index contributed by atoms with van der Waals surface area (Å²) in [6.45, 7) is 1.93. The van der Waals surface area contributed by atoms with Crippen LogP contribution in [0.4, 0.5) is 5.82 Å². The Labute approximate surface area is 150 Å². The smallest absolute Gasteiger partial charge is 0.351 e. The van der Waals surface area contributed by atoms with Gasteiger partial charge in [0, 0.05) is 24.7 Å². The number of unbranched alkanes of at least 4 members (excludes halogenated alkanes) is 3. The molecule has 0 aromatic carbocycles. The van der Waals surface area contributed by atoms with E-state index in [-0.39, 0.29) is 17.6 Å². The van der Waals surface area contributed by atoms with E-state index in [4.69, 9.17) is 16.9 Å². The Morgan fingerprint density at radius 1 is 1.48 bits per heavy atom. The lowest BCUT2D eigenvalue weighted by Gasteiger charge is -2.18. The fraction of sp³-hybridized carbons (Fsp3) is 0.556. The first kappa shape index (κ1) is 19.5. The maximum absolute atomic E-state index is 12.2. The molecule has 0 radical (unpaired) electrons. The molecule has 0 bridgehead atoms. The number of aliphatic hydroxyl groups excluding tert-OH is 1. The van der Waals surface area contributed by atoms with Crippen molar-refractivity contribution >= 4 is 15.1 Å². The molecule has 6 nitrogen and oxygen atoms in total. The summed E-state index contributed by atoms with van der Waals surface area (Å²) in [4.78, 5) is 16.1. The molecule has 2 heterocycles. The largest absolute Gasteiger partial charge is 0.390 e. The van der Waals surface area contributed by atoms with Gasteiger partial charge in [0.05, 0.1) is 17.8 Å². The van der Waals surface area contributed by atoms with Gasteiger partial charge >= 0.3 is 5.69 Å². The molecular formula is C18H24N3O3P. The van der Waals surface area contributed by atoms with E-state index in [2.05, 4.69) is 32.0 Å². The zero-order chi connectivity index (χ0) is 18.4. The van der Waals surface area contributed by atoms with Gasteiger partial charge in [-0.15, -0.1) is 21.6 Å². The average molecular weight is 361 g/mol. The molecule has 1 aromatic heterocycles. The normalized spacial score (nSPS) is 25.2. The third-order valence-corrected chi connectivity index (χ3v) is 4.90. The van der Waals surface area contributed by atoms with E-state index >= 15 is 0 Å². The molecule has 0 amide bonds. The first-order valence-corrected chi connectivity index (χ1v) is 9.06. The van der Waals surface area contributed by atoms with Gasteiger partial charge in [0.1, 0.15) is 12.0 Å². The van der Waals surface area contributed by atoms with Crippen LogP contribution in [0.15, 0.2) is 11.0 Å². The van der Waals surface area contributed by atoms with E-state index in [9.17, 15) is 9.90 Å². The van der Waals surface area contributed by atoms with Crippen molar-refractivity contribution < 1.29 is 9.84 Å². The maximum Gasteiger partial charge on any atom is 0.351 e. The van der Waals surface area contributed by atoms with Crippen molar-refractivity contribution in [3.8, 4) is 24.2 Å². The molecule has 1 saturated heterocycles. The number of ether oxygens (including phenoxy) is 1. The van der Waals surface area contributed by atoms with Crippen LogP contribution < -0.4 is 11.4 Å². The van der Waals surface area contributed by atoms with E-state index in [1.54, 1.807) is 6.20 Å². The van der Waals surface area contributed by atoms with Crippen molar-refractivity contribution in [3.05, 3.63) is 22.2 Å². The van der Waals surface area contributed by atoms with E-state index in [0.717, 1.165) is 19.3 Å². The number of hydrogen-bond donors (Lipinski definition) is 2. The second kappa shape index (κ2) is 9.02. The van der Waals surface area contributed by atoms with Crippen molar-refractivity contribution in [2.75, 3.05) is 5.73 Å². The van der Waals surface area contributed by atoms with Crippen LogP contribution in [0.1, 0.15) is 50.8 Å². The molecule has 3 N–H and O–H groups in total. The molecule has 0 saturated carbocycles. The van der Waals surface area contributed by atoms with Crippen LogP contribution in [0.25, 0.3) is 0 Å². The molecule has 1 aliphatic heterocycles.